The molecule has 0 saturated carbocycles. The van der Waals surface area contributed by atoms with Gasteiger partial charge in [0.25, 0.3) is 0 Å². The second-order valence-electron chi connectivity index (χ2n) is 4.66. The van der Waals surface area contributed by atoms with Gasteiger partial charge in [-0.2, -0.15) is 8.78 Å². The fraction of sp³-hybridized carbons (Fsp3) is 0.188. The summed E-state index contributed by atoms with van der Waals surface area (Å²) in [5, 5.41) is 0. The van der Waals surface area contributed by atoms with E-state index in [1.54, 1.807) is 6.07 Å². The largest absolute Gasteiger partial charge is 0.434 e. The summed E-state index contributed by atoms with van der Waals surface area (Å²) in [6.45, 7) is -1.59. The summed E-state index contributed by atoms with van der Waals surface area (Å²) < 4.78 is 33.7. The van der Waals surface area contributed by atoms with Crippen LogP contribution in [0.2, 0.25) is 0 Å². The van der Waals surface area contributed by atoms with Gasteiger partial charge in [0.05, 0.1) is 0 Å². The molecular formula is C16H12F2O5. The molecule has 0 amide bonds. The first-order valence-electron chi connectivity index (χ1n) is 6.58. The maximum atomic E-state index is 12.3. The number of cyclic esters (lactones) is 1. The molecule has 120 valence electrons. The van der Waals surface area contributed by atoms with Crippen molar-refractivity contribution < 1.29 is 32.6 Å². The highest BCUT2D eigenvalue weighted by molar-refractivity contribution is 6.25. The minimum atomic E-state index is -3.01. The average Bonchev–Trinajstić information content (AvgIpc) is 2.44. The zero-order chi connectivity index (χ0) is 17.0. The summed E-state index contributed by atoms with van der Waals surface area (Å²) in [6.07, 6.45) is 3.23. The zero-order valence-corrected chi connectivity index (χ0v) is 12.0. The third-order valence-corrected chi connectivity index (χ3v) is 2.97. The molecule has 7 heteroatoms. The second-order valence-corrected chi connectivity index (χ2v) is 4.66. The molecular weight excluding hydrogens is 310 g/mol. The molecule has 1 aliphatic rings. The first kappa shape index (κ1) is 16.5. The summed E-state index contributed by atoms with van der Waals surface area (Å²) in [6, 6.07) is 5.82. The SMILES string of the molecule is CC1=CC(=O)C(C(=O)C=Cc2ccccc2OC(F)F)C(=O)O1. The van der Waals surface area contributed by atoms with Gasteiger partial charge in [0.1, 0.15) is 11.5 Å². The summed E-state index contributed by atoms with van der Waals surface area (Å²) in [7, 11) is 0. The van der Waals surface area contributed by atoms with Gasteiger partial charge in [-0.25, -0.2) is 0 Å². The molecule has 1 aromatic carbocycles. The van der Waals surface area contributed by atoms with E-state index < -0.39 is 30.1 Å². The smallest absolute Gasteiger partial charge is 0.387 e. The number of carbonyl (C=O) groups is 3. The number of benzene rings is 1. The predicted octanol–water partition coefficient (Wildman–Crippen LogP) is 2.52. The van der Waals surface area contributed by atoms with Gasteiger partial charge < -0.3 is 9.47 Å². The van der Waals surface area contributed by atoms with Gasteiger partial charge in [-0.1, -0.05) is 18.2 Å². The number of ether oxygens (including phenoxy) is 2. The van der Waals surface area contributed by atoms with Crippen molar-refractivity contribution in [3.05, 3.63) is 47.7 Å². The average molecular weight is 322 g/mol. The number of alkyl halides is 2. The summed E-state index contributed by atoms with van der Waals surface area (Å²) in [4.78, 5) is 35.3. The Morgan fingerprint density at radius 1 is 1.30 bits per heavy atom. The van der Waals surface area contributed by atoms with E-state index in [1.165, 1.54) is 31.2 Å². The standard InChI is InChI=1S/C16H12F2O5/c1-9-8-12(20)14(15(21)22-9)11(19)7-6-10-4-2-3-5-13(10)23-16(17)18/h2-8,14,16H,1H3. The first-order valence-corrected chi connectivity index (χ1v) is 6.58. The van der Waals surface area contributed by atoms with E-state index in [1.807, 2.05) is 0 Å². The van der Waals surface area contributed by atoms with Crippen molar-refractivity contribution in [2.45, 2.75) is 13.5 Å². The van der Waals surface area contributed by atoms with E-state index in [4.69, 9.17) is 4.74 Å². The van der Waals surface area contributed by atoms with Crippen molar-refractivity contribution in [1.82, 2.24) is 0 Å². The van der Waals surface area contributed by atoms with Crippen LogP contribution in [0, 0.1) is 5.92 Å². The second kappa shape index (κ2) is 6.95. The van der Waals surface area contributed by atoms with E-state index in [2.05, 4.69) is 4.74 Å². The van der Waals surface area contributed by atoms with Crippen LogP contribution in [-0.2, 0) is 19.1 Å². The molecule has 0 fully saturated rings. The van der Waals surface area contributed by atoms with Crippen LogP contribution < -0.4 is 4.74 Å². The number of para-hydroxylation sites is 1. The Kier molecular flexibility index (Phi) is 5.00. The molecule has 0 spiro atoms. The lowest BCUT2D eigenvalue weighted by atomic mass is 9.96. The minimum absolute atomic E-state index is 0.115. The number of halogens is 2. The van der Waals surface area contributed by atoms with E-state index in [0.29, 0.717) is 0 Å². The maximum absolute atomic E-state index is 12.3. The highest BCUT2D eigenvalue weighted by Gasteiger charge is 2.36. The molecule has 0 saturated heterocycles. The highest BCUT2D eigenvalue weighted by Crippen LogP contribution is 2.22. The fourth-order valence-electron chi connectivity index (χ4n) is 1.99. The molecule has 2 rings (SSSR count). The van der Waals surface area contributed by atoms with E-state index in [9.17, 15) is 23.2 Å². The Bertz CT molecular complexity index is 706. The number of ketones is 2. The topological polar surface area (TPSA) is 69.7 Å². The van der Waals surface area contributed by atoms with Crippen LogP contribution in [0.4, 0.5) is 8.78 Å². The van der Waals surface area contributed by atoms with Gasteiger partial charge in [0, 0.05) is 11.6 Å². The molecule has 1 atom stereocenters. The first-order chi connectivity index (χ1) is 10.9. The number of rotatable bonds is 5. The van der Waals surface area contributed by atoms with Crippen LogP contribution in [0.25, 0.3) is 6.08 Å². The lowest BCUT2D eigenvalue weighted by Crippen LogP contribution is -2.34. The molecule has 0 N–H and O–H groups in total. The molecule has 0 bridgehead atoms. The predicted molar refractivity (Wildman–Crippen MR) is 75.5 cm³/mol. The van der Waals surface area contributed by atoms with Crippen molar-refractivity contribution in [2.75, 3.05) is 0 Å². The molecule has 0 radical (unpaired) electrons. The van der Waals surface area contributed by atoms with Gasteiger partial charge in [0.2, 0.25) is 0 Å². The van der Waals surface area contributed by atoms with Gasteiger partial charge in [-0.3, -0.25) is 14.4 Å². The van der Waals surface area contributed by atoms with Gasteiger partial charge in [-0.15, -0.1) is 0 Å². The molecule has 0 aliphatic carbocycles. The molecule has 5 nitrogen and oxygen atoms in total. The van der Waals surface area contributed by atoms with Crippen molar-refractivity contribution in [1.29, 1.82) is 0 Å². The van der Waals surface area contributed by atoms with Gasteiger partial charge in [0.15, 0.2) is 17.5 Å². The van der Waals surface area contributed by atoms with Crippen molar-refractivity contribution in [3.8, 4) is 5.75 Å². The maximum Gasteiger partial charge on any atom is 0.387 e. The minimum Gasteiger partial charge on any atom is -0.434 e. The van der Waals surface area contributed by atoms with Crippen LogP contribution >= 0.6 is 0 Å². The monoisotopic (exact) mass is 322 g/mol. The Morgan fingerprint density at radius 3 is 2.65 bits per heavy atom. The van der Waals surface area contributed by atoms with Gasteiger partial charge >= 0.3 is 12.6 Å². The molecule has 1 unspecified atom stereocenters. The number of allylic oxidation sites excluding steroid dienone is 3. The van der Waals surface area contributed by atoms with Crippen LogP contribution in [0.3, 0.4) is 0 Å². The molecule has 1 aromatic rings. The van der Waals surface area contributed by atoms with Crippen LogP contribution in [0.5, 0.6) is 5.75 Å². The number of esters is 1. The summed E-state index contributed by atoms with van der Waals surface area (Å²) in [5.41, 5.74) is 0.212. The van der Waals surface area contributed by atoms with E-state index >= 15 is 0 Å². The van der Waals surface area contributed by atoms with Crippen molar-refractivity contribution in [3.63, 3.8) is 0 Å². The molecule has 1 aliphatic heterocycles. The number of hydrogen-bond donors (Lipinski definition) is 0. The van der Waals surface area contributed by atoms with Crippen LogP contribution in [0.1, 0.15) is 12.5 Å². The lowest BCUT2D eigenvalue weighted by molar-refractivity contribution is -0.151. The van der Waals surface area contributed by atoms with Crippen LogP contribution in [0.15, 0.2) is 42.2 Å². The van der Waals surface area contributed by atoms with Gasteiger partial charge in [-0.05, 0) is 25.1 Å². The number of carbonyl (C=O) groups excluding carboxylic acids is 3. The lowest BCUT2D eigenvalue weighted by Gasteiger charge is -2.15. The molecule has 0 aromatic heterocycles. The van der Waals surface area contributed by atoms with E-state index in [-0.39, 0.29) is 17.1 Å². The Morgan fingerprint density at radius 2 is 2.00 bits per heavy atom. The van der Waals surface area contributed by atoms with Crippen LogP contribution in [-0.4, -0.2) is 24.1 Å². The fourth-order valence-corrected chi connectivity index (χ4v) is 1.99. The Balaban J connectivity index is 2.19. The van der Waals surface area contributed by atoms with Crippen molar-refractivity contribution in [2.24, 2.45) is 5.92 Å². The van der Waals surface area contributed by atoms with Crippen molar-refractivity contribution >= 4 is 23.6 Å². The third kappa shape index (κ3) is 4.09. The summed E-state index contributed by atoms with van der Waals surface area (Å²) >= 11 is 0. The normalized spacial score (nSPS) is 18.1. The molecule has 23 heavy (non-hydrogen) atoms. The summed E-state index contributed by atoms with van der Waals surface area (Å²) in [5.74, 6) is -4.01. The third-order valence-electron chi connectivity index (χ3n) is 2.97. The quantitative estimate of drug-likeness (QED) is 0.473. The zero-order valence-electron chi connectivity index (χ0n) is 12.0. The van der Waals surface area contributed by atoms with E-state index in [0.717, 1.165) is 12.2 Å². The number of hydrogen-bond acceptors (Lipinski definition) is 5. The Labute approximate surface area is 130 Å². The Hall–Kier alpha value is -2.83. The molecule has 1 heterocycles. The highest BCUT2D eigenvalue weighted by atomic mass is 19.3.